The van der Waals surface area contributed by atoms with Crippen LogP contribution in [0.1, 0.15) is 18.4 Å². The van der Waals surface area contributed by atoms with Crippen LogP contribution in [0.15, 0.2) is 30.3 Å². The normalized spacial score (nSPS) is 19.5. The molecule has 0 radical (unpaired) electrons. The van der Waals surface area contributed by atoms with E-state index < -0.39 is 10.8 Å². The Morgan fingerprint density at radius 3 is 2.86 bits per heavy atom. The predicted octanol–water partition coefficient (Wildman–Crippen LogP) is 1.10. The number of urea groups is 1. The van der Waals surface area contributed by atoms with Crippen LogP contribution in [-0.2, 0) is 16.6 Å². The summed E-state index contributed by atoms with van der Waals surface area (Å²) in [5.41, 5.74) is 1.04. The fraction of sp³-hybridized carbons (Fsp3) is 0.533. The zero-order valence-electron chi connectivity index (χ0n) is 12.0. The monoisotopic (exact) mass is 310 g/mol. The average molecular weight is 310 g/mol. The number of carbonyl (C=O) groups excluding carboxylic acids is 1. The Labute approximate surface area is 127 Å². The molecule has 2 atom stereocenters. The van der Waals surface area contributed by atoms with Crippen molar-refractivity contribution in [2.75, 3.05) is 25.4 Å². The van der Waals surface area contributed by atoms with Gasteiger partial charge in [-0.1, -0.05) is 30.3 Å². The summed E-state index contributed by atoms with van der Waals surface area (Å²) in [6.45, 7) is 1.09. The van der Waals surface area contributed by atoms with E-state index in [-0.39, 0.29) is 18.7 Å². The fourth-order valence-electron chi connectivity index (χ4n) is 2.50. The summed E-state index contributed by atoms with van der Waals surface area (Å²) >= 11 is 0. The molecule has 1 aromatic carbocycles. The molecule has 2 rings (SSSR count). The highest BCUT2D eigenvalue weighted by atomic mass is 32.2. The molecule has 1 aromatic rings. The quantitative estimate of drug-likeness (QED) is 0.827. The molecule has 1 aliphatic heterocycles. The molecule has 1 aliphatic rings. The number of carbonyl (C=O) groups is 1. The Bertz CT molecular complexity index is 481. The molecular weight excluding hydrogens is 288 g/mol. The van der Waals surface area contributed by atoms with Gasteiger partial charge in [0.2, 0.25) is 0 Å². The van der Waals surface area contributed by atoms with Crippen molar-refractivity contribution in [1.82, 2.24) is 10.2 Å². The maximum atomic E-state index is 12.0. The number of hydrogen-bond donors (Lipinski definition) is 2. The lowest BCUT2D eigenvalue weighted by molar-refractivity contribution is 0.157. The lowest BCUT2D eigenvalue weighted by Gasteiger charge is -2.23. The summed E-state index contributed by atoms with van der Waals surface area (Å²) in [6, 6.07) is 9.45. The number of amides is 2. The zero-order chi connectivity index (χ0) is 15.1. The minimum absolute atomic E-state index is 0.00730. The van der Waals surface area contributed by atoms with Crippen LogP contribution in [0, 0.1) is 0 Å². The number of likely N-dealkylation sites (tertiary alicyclic amines) is 1. The minimum atomic E-state index is -0.982. The van der Waals surface area contributed by atoms with Crippen molar-refractivity contribution in [2.45, 2.75) is 24.6 Å². The maximum Gasteiger partial charge on any atom is 0.317 e. The van der Waals surface area contributed by atoms with Crippen molar-refractivity contribution in [3.05, 3.63) is 35.9 Å². The van der Waals surface area contributed by atoms with Gasteiger partial charge in [0.1, 0.15) is 0 Å². The van der Waals surface area contributed by atoms with E-state index in [1.54, 1.807) is 4.90 Å². The third-order valence-corrected chi connectivity index (χ3v) is 4.94. The number of aliphatic hydroxyl groups is 1. The second kappa shape index (κ2) is 8.14. The van der Waals surface area contributed by atoms with Crippen molar-refractivity contribution in [2.24, 2.45) is 0 Å². The van der Waals surface area contributed by atoms with Gasteiger partial charge in [0.05, 0.1) is 12.6 Å². The highest BCUT2D eigenvalue weighted by molar-refractivity contribution is 7.84. The Morgan fingerprint density at radius 2 is 2.14 bits per heavy atom. The molecule has 0 saturated carbocycles. The standard InChI is InChI=1S/C15H22N2O3S/c18-11-14-7-4-9-17(14)15(19)16-8-10-21(20)12-13-5-2-1-3-6-13/h1-3,5-6,14,18H,4,7-12H2,(H,16,19)/t14-,21?/m1/s1. The molecule has 2 N–H and O–H groups in total. The molecule has 1 fully saturated rings. The molecule has 0 aromatic heterocycles. The molecule has 0 aliphatic carbocycles. The Hall–Kier alpha value is -1.40. The van der Waals surface area contributed by atoms with Crippen LogP contribution < -0.4 is 5.32 Å². The minimum Gasteiger partial charge on any atom is -0.394 e. The number of hydrogen-bond acceptors (Lipinski definition) is 3. The van der Waals surface area contributed by atoms with Crippen LogP contribution in [0.5, 0.6) is 0 Å². The second-order valence-electron chi connectivity index (χ2n) is 5.18. The van der Waals surface area contributed by atoms with E-state index >= 15 is 0 Å². The first-order chi connectivity index (χ1) is 10.2. The zero-order valence-corrected chi connectivity index (χ0v) is 12.8. The van der Waals surface area contributed by atoms with Gasteiger partial charge in [0.25, 0.3) is 0 Å². The van der Waals surface area contributed by atoms with Crippen molar-refractivity contribution in [3.63, 3.8) is 0 Å². The smallest absolute Gasteiger partial charge is 0.317 e. The SMILES string of the molecule is O=C(NCCS(=O)Cc1ccccc1)N1CCC[C@@H]1CO. The van der Waals surface area contributed by atoms with Gasteiger partial charge in [-0.05, 0) is 18.4 Å². The first-order valence-electron chi connectivity index (χ1n) is 7.25. The van der Waals surface area contributed by atoms with Crippen LogP contribution in [-0.4, -0.2) is 51.7 Å². The largest absolute Gasteiger partial charge is 0.394 e. The highest BCUT2D eigenvalue weighted by Crippen LogP contribution is 2.16. The predicted molar refractivity (Wildman–Crippen MR) is 83.4 cm³/mol. The summed E-state index contributed by atoms with van der Waals surface area (Å²) < 4.78 is 11.9. The van der Waals surface area contributed by atoms with Gasteiger partial charge in [-0.25, -0.2) is 4.79 Å². The van der Waals surface area contributed by atoms with E-state index in [1.807, 2.05) is 30.3 Å². The maximum absolute atomic E-state index is 12.0. The molecule has 1 unspecified atom stereocenters. The molecule has 1 heterocycles. The van der Waals surface area contributed by atoms with E-state index in [4.69, 9.17) is 0 Å². The Morgan fingerprint density at radius 1 is 1.38 bits per heavy atom. The molecule has 1 saturated heterocycles. The van der Waals surface area contributed by atoms with E-state index in [1.165, 1.54) is 0 Å². The van der Waals surface area contributed by atoms with Gasteiger partial charge in [-0.15, -0.1) is 0 Å². The number of nitrogens with zero attached hydrogens (tertiary/aromatic N) is 1. The molecular formula is C15H22N2O3S. The fourth-order valence-corrected chi connectivity index (χ4v) is 3.54. The molecule has 5 nitrogen and oxygen atoms in total. The topological polar surface area (TPSA) is 69.6 Å². The number of nitrogens with one attached hydrogen (secondary N) is 1. The average Bonchev–Trinajstić information content (AvgIpc) is 2.96. The summed E-state index contributed by atoms with van der Waals surface area (Å²) in [7, 11) is -0.982. The summed E-state index contributed by atoms with van der Waals surface area (Å²) in [4.78, 5) is 13.6. The summed E-state index contributed by atoms with van der Waals surface area (Å²) in [6.07, 6.45) is 1.78. The van der Waals surface area contributed by atoms with Gasteiger partial charge in [0.15, 0.2) is 0 Å². The first kappa shape index (κ1) is 16.0. The van der Waals surface area contributed by atoms with Crippen molar-refractivity contribution < 1.29 is 14.1 Å². The van der Waals surface area contributed by atoms with E-state index in [2.05, 4.69) is 5.32 Å². The van der Waals surface area contributed by atoms with Gasteiger partial charge in [0, 0.05) is 35.4 Å². The number of aliphatic hydroxyl groups excluding tert-OH is 1. The van der Waals surface area contributed by atoms with Gasteiger partial charge in [-0.3, -0.25) is 4.21 Å². The van der Waals surface area contributed by atoms with Crippen LogP contribution >= 0.6 is 0 Å². The third-order valence-electron chi connectivity index (χ3n) is 3.63. The van der Waals surface area contributed by atoms with Crippen LogP contribution in [0.2, 0.25) is 0 Å². The van der Waals surface area contributed by atoms with Gasteiger partial charge >= 0.3 is 6.03 Å². The van der Waals surface area contributed by atoms with Gasteiger partial charge < -0.3 is 15.3 Å². The molecule has 6 heteroatoms. The molecule has 21 heavy (non-hydrogen) atoms. The summed E-state index contributed by atoms with van der Waals surface area (Å²) in [5.74, 6) is 0.956. The van der Waals surface area contributed by atoms with Crippen molar-refractivity contribution in [3.8, 4) is 0 Å². The Balaban J connectivity index is 1.69. The number of rotatable bonds is 6. The van der Waals surface area contributed by atoms with Crippen LogP contribution in [0.3, 0.4) is 0 Å². The Kier molecular flexibility index (Phi) is 6.20. The van der Waals surface area contributed by atoms with E-state index in [0.29, 0.717) is 24.6 Å². The van der Waals surface area contributed by atoms with Crippen LogP contribution in [0.4, 0.5) is 4.79 Å². The molecule has 0 bridgehead atoms. The highest BCUT2D eigenvalue weighted by Gasteiger charge is 2.27. The lowest BCUT2D eigenvalue weighted by Crippen LogP contribution is -2.45. The van der Waals surface area contributed by atoms with Crippen LogP contribution in [0.25, 0.3) is 0 Å². The molecule has 0 spiro atoms. The van der Waals surface area contributed by atoms with Crippen molar-refractivity contribution >= 4 is 16.8 Å². The molecule has 2 amide bonds. The van der Waals surface area contributed by atoms with Crippen molar-refractivity contribution in [1.29, 1.82) is 0 Å². The first-order valence-corrected chi connectivity index (χ1v) is 8.73. The van der Waals surface area contributed by atoms with Gasteiger partial charge in [-0.2, -0.15) is 0 Å². The third kappa shape index (κ3) is 4.82. The second-order valence-corrected chi connectivity index (χ2v) is 6.75. The molecule has 116 valence electrons. The number of benzene rings is 1. The van der Waals surface area contributed by atoms with E-state index in [9.17, 15) is 14.1 Å². The lowest BCUT2D eigenvalue weighted by atomic mass is 10.2. The van der Waals surface area contributed by atoms with E-state index in [0.717, 1.165) is 18.4 Å². The summed E-state index contributed by atoms with van der Waals surface area (Å²) in [5, 5.41) is 12.0.